The molecule has 0 radical (unpaired) electrons. The lowest BCUT2D eigenvalue weighted by Gasteiger charge is -2.17. The second-order valence-electron chi connectivity index (χ2n) is 7.35. The van der Waals surface area contributed by atoms with Gasteiger partial charge in [0.25, 0.3) is 0 Å². The number of nitrogens with one attached hydrogen (secondary N) is 1. The topological polar surface area (TPSA) is 70.8 Å². The van der Waals surface area contributed by atoms with Crippen molar-refractivity contribution in [3.63, 3.8) is 0 Å². The predicted molar refractivity (Wildman–Crippen MR) is 121 cm³/mol. The minimum atomic E-state index is 0.701. The normalized spacial score (nSPS) is 15.0. The van der Waals surface area contributed by atoms with Crippen LogP contribution < -0.4 is 5.73 Å². The summed E-state index contributed by atoms with van der Waals surface area (Å²) >= 11 is 1.64. The fraction of sp³-hybridized carbons (Fsp3) is 0.217. The molecule has 3 heterocycles. The van der Waals surface area contributed by atoms with E-state index in [9.17, 15) is 0 Å². The maximum Gasteiger partial charge on any atom is 0.180 e. The second kappa shape index (κ2) is 7.81. The number of aromatic nitrogens is 3. The fourth-order valence-corrected chi connectivity index (χ4v) is 4.68. The molecule has 0 spiro atoms. The summed E-state index contributed by atoms with van der Waals surface area (Å²) in [6, 6.07) is 16.6. The number of imidazole rings is 1. The summed E-state index contributed by atoms with van der Waals surface area (Å²) < 4.78 is 0. The molecule has 4 aromatic rings. The van der Waals surface area contributed by atoms with E-state index in [1.165, 1.54) is 16.1 Å². The zero-order valence-corrected chi connectivity index (χ0v) is 17.0. The molecule has 6 heteroatoms. The van der Waals surface area contributed by atoms with Gasteiger partial charge < -0.3 is 10.7 Å². The molecule has 0 fully saturated rings. The Bertz CT molecular complexity index is 1130. The van der Waals surface area contributed by atoms with Crippen LogP contribution in [-0.4, -0.2) is 39.5 Å². The van der Waals surface area contributed by atoms with Gasteiger partial charge in [-0.15, -0.1) is 11.3 Å². The number of H-pyrrole nitrogens is 1. The number of rotatable bonds is 4. The van der Waals surface area contributed by atoms with Gasteiger partial charge in [-0.2, -0.15) is 0 Å². The third-order valence-corrected chi connectivity index (χ3v) is 6.33. The monoisotopic (exact) mass is 401 g/mol. The molecule has 29 heavy (non-hydrogen) atoms. The van der Waals surface area contributed by atoms with Crippen LogP contribution in [0.25, 0.3) is 28.5 Å². The SMILES string of the molecule is Nc1nc2c(s1)CCN(CC=Cc1ccc3[nH]c(-c4ccccc4)nc3c1)CC2. The zero-order chi connectivity index (χ0) is 19.6. The van der Waals surface area contributed by atoms with E-state index in [0.717, 1.165) is 54.9 Å². The minimum Gasteiger partial charge on any atom is -0.375 e. The van der Waals surface area contributed by atoms with Gasteiger partial charge in [-0.3, -0.25) is 4.90 Å². The molecule has 0 bridgehead atoms. The van der Waals surface area contributed by atoms with Gasteiger partial charge in [0.1, 0.15) is 5.82 Å². The molecule has 0 aliphatic carbocycles. The van der Waals surface area contributed by atoms with Crippen LogP contribution in [0, 0.1) is 0 Å². The first-order valence-electron chi connectivity index (χ1n) is 9.93. The van der Waals surface area contributed by atoms with Gasteiger partial charge in [0.2, 0.25) is 0 Å². The molecule has 0 saturated carbocycles. The highest BCUT2D eigenvalue weighted by Crippen LogP contribution is 2.24. The minimum absolute atomic E-state index is 0.701. The van der Waals surface area contributed by atoms with Gasteiger partial charge in [-0.25, -0.2) is 9.97 Å². The number of nitrogens with two attached hydrogens (primary N) is 1. The van der Waals surface area contributed by atoms with E-state index in [4.69, 9.17) is 10.7 Å². The average Bonchev–Trinajstić information content (AvgIpc) is 3.27. The number of nitrogens with zero attached hydrogens (tertiary/aromatic N) is 3. The molecule has 0 amide bonds. The van der Waals surface area contributed by atoms with E-state index in [0.29, 0.717) is 5.13 Å². The highest BCUT2D eigenvalue weighted by Gasteiger charge is 2.16. The summed E-state index contributed by atoms with van der Waals surface area (Å²) in [6.07, 6.45) is 6.46. The first-order chi connectivity index (χ1) is 14.2. The fourth-order valence-electron chi connectivity index (χ4n) is 3.81. The average molecular weight is 402 g/mol. The molecule has 1 aliphatic rings. The summed E-state index contributed by atoms with van der Waals surface area (Å²) in [5, 5.41) is 0.701. The summed E-state index contributed by atoms with van der Waals surface area (Å²) in [7, 11) is 0. The summed E-state index contributed by atoms with van der Waals surface area (Å²) in [6.45, 7) is 3.02. The van der Waals surface area contributed by atoms with Crippen LogP contribution in [0.3, 0.4) is 0 Å². The van der Waals surface area contributed by atoms with Crippen molar-refractivity contribution in [3.8, 4) is 11.4 Å². The van der Waals surface area contributed by atoms with Gasteiger partial charge in [0.15, 0.2) is 5.13 Å². The van der Waals surface area contributed by atoms with Crippen LogP contribution in [0.5, 0.6) is 0 Å². The zero-order valence-electron chi connectivity index (χ0n) is 16.1. The Morgan fingerprint density at radius 3 is 2.83 bits per heavy atom. The van der Waals surface area contributed by atoms with Crippen LogP contribution >= 0.6 is 11.3 Å². The van der Waals surface area contributed by atoms with E-state index in [2.05, 4.69) is 57.4 Å². The number of fused-ring (bicyclic) bond motifs is 2. The summed E-state index contributed by atoms with van der Waals surface area (Å²) in [4.78, 5) is 16.5. The van der Waals surface area contributed by atoms with Crippen molar-refractivity contribution in [3.05, 3.63) is 70.7 Å². The Morgan fingerprint density at radius 2 is 1.93 bits per heavy atom. The highest BCUT2D eigenvalue weighted by molar-refractivity contribution is 7.15. The Kier molecular flexibility index (Phi) is 4.87. The van der Waals surface area contributed by atoms with Crippen LogP contribution in [0.15, 0.2) is 54.6 Å². The number of benzene rings is 2. The Hall–Kier alpha value is -2.96. The molecular weight excluding hydrogens is 378 g/mol. The lowest BCUT2D eigenvalue weighted by atomic mass is 10.2. The molecule has 3 N–H and O–H groups in total. The molecule has 1 aliphatic heterocycles. The van der Waals surface area contributed by atoms with Gasteiger partial charge in [0.05, 0.1) is 16.7 Å². The third kappa shape index (κ3) is 3.95. The van der Waals surface area contributed by atoms with Crippen molar-refractivity contribution in [1.82, 2.24) is 19.9 Å². The van der Waals surface area contributed by atoms with Crippen LogP contribution in [0.4, 0.5) is 5.13 Å². The summed E-state index contributed by atoms with van der Waals surface area (Å²) in [5.41, 5.74) is 11.4. The standard InChI is InChI=1S/C23H23N5S/c24-23-27-19-10-13-28(14-11-21(19)29-23)12-4-5-16-8-9-18-20(15-16)26-22(25-18)17-6-2-1-3-7-17/h1-9,15H,10-14H2,(H2,24,27)(H,25,26). The third-order valence-electron chi connectivity index (χ3n) is 5.34. The first kappa shape index (κ1) is 18.1. The number of hydrogen-bond donors (Lipinski definition) is 2. The largest absolute Gasteiger partial charge is 0.375 e. The Balaban J connectivity index is 1.25. The van der Waals surface area contributed by atoms with E-state index < -0.39 is 0 Å². The number of nitrogen functional groups attached to an aromatic ring is 1. The molecule has 0 atom stereocenters. The number of anilines is 1. The highest BCUT2D eigenvalue weighted by atomic mass is 32.1. The number of aromatic amines is 1. The van der Waals surface area contributed by atoms with Crippen molar-refractivity contribution in [2.24, 2.45) is 0 Å². The maximum absolute atomic E-state index is 5.84. The molecule has 0 saturated heterocycles. The quantitative estimate of drug-likeness (QED) is 0.532. The van der Waals surface area contributed by atoms with Crippen molar-refractivity contribution in [2.75, 3.05) is 25.4 Å². The van der Waals surface area contributed by atoms with Gasteiger partial charge in [-0.1, -0.05) is 48.6 Å². The lowest BCUT2D eigenvalue weighted by molar-refractivity contribution is 0.318. The molecule has 2 aromatic heterocycles. The van der Waals surface area contributed by atoms with Gasteiger partial charge in [-0.05, 0) is 24.1 Å². The first-order valence-corrected chi connectivity index (χ1v) is 10.7. The van der Waals surface area contributed by atoms with Crippen LogP contribution in [-0.2, 0) is 12.8 Å². The summed E-state index contributed by atoms with van der Waals surface area (Å²) in [5.74, 6) is 0.910. The second-order valence-corrected chi connectivity index (χ2v) is 8.47. The van der Waals surface area contributed by atoms with Gasteiger partial charge in [0, 0.05) is 36.5 Å². The molecule has 5 nitrogen and oxygen atoms in total. The van der Waals surface area contributed by atoms with Crippen LogP contribution in [0.1, 0.15) is 16.1 Å². The molecule has 2 aromatic carbocycles. The Labute approximate surface area is 173 Å². The van der Waals surface area contributed by atoms with Crippen molar-refractivity contribution >= 4 is 33.6 Å². The van der Waals surface area contributed by atoms with Crippen LogP contribution in [0.2, 0.25) is 0 Å². The van der Waals surface area contributed by atoms with Crippen molar-refractivity contribution in [2.45, 2.75) is 12.8 Å². The van der Waals surface area contributed by atoms with E-state index in [-0.39, 0.29) is 0 Å². The van der Waals surface area contributed by atoms with Crippen molar-refractivity contribution in [1.29, 1.82) is 0 Å². The van der Waals surface area contributed by atoms with E-state index in [1.807, 2.05) is 18.2 Å². The smallest absolute Gasteiger partial charge is 0.180 e. The van der Waals surface area contributed by atoms with Crippen molar-refractivity contribution < 1.29 is 0 Å². The van der Waals surface area contributed by atoms with E-state index >= 15 is 0 Å². The molecule has 5 rings (SSSR count). The molecular formula is C23H23N5S. The maximum atomic E-state index is 5.84. The molecule has 146 valence electrons. The van der Waals surface area contributed by atoms with E-state index in [1.54, 1.807) is 11.3 Å². The number of thiazole rings is 1. The predicted octanol–water partition coefficient (Wildman–Crippen LogP) is 4.38. The molecule has 0 unspecified atom stereocenters. The lowest BCUT2D eigenvalue weighted by Crippen LogP contribution is -2.26. The number of hydrogen-bond acceptors (Lipinski definition) is 5. The Morgan fingerprint density at radius 1 is 1.07 bits per heavy atom. The van der Waals surface area contributed by atoms with Gasteiger partial charge >= 0.3 is 0 Å².